The molecule has 1 aliphatic carbocycles. The molecule has 0 bridgehead atoms. The fourth-order valence-electron chi connectivity index (χ4n) is 3.34. The van der Waals surface area contributed by atoms with Crippen LogP contribution < -0.4 is 10.9 Å². The van der Waals surface area contributed by atoms with Crippen molar-refractivity contribution in [3.8, 4) is 0 Å². The Morgan fingerprint density at radius 2 is 1.96 bits per heavy atom. The molecule has 3 aromatic rings. The summed E-state index contributed by atoms with van der Waals surface area (Å²) in [6, 6.07) is 6.03. The van der Waals surface area contributed by atoms with Crippen LogP contribution in [0.1, 0.15) is 48.3 Å². The first-order valence-corrected chi connectivity index (χ1v) is 8.99. The average molecular weight is 370 g/mol. The minimum absolute atomic E-state index is 0.0549. The molecular weight excluding hydrogens is 351 g/mol. The maximum absolute atomic E-state index is 13.1. The van der Waals surface area contributed by atoms with Crippen molar-refractivity contribution in [3.05, 3.63) is 51.8 Å². The summed E-state index contributed by atoms with van der Waals surface area (Å²) in [4.78, 5) is 31.5. The lowest BCUT2D eigenvalue weighted by molar-refractivity contribution is 0.0917. The van der Waals surface area contributed by atoms with Crippen molar-refractivity contribution >= 4 is 17.1 Å². The molecule has 9 heteroatoms. The zero-order valence-electron chi connectivity index (χ0n) is 14.6. The van der Waals surface area contributed by atoms with Gasteiger partial charge in [-0.25, -0.2) is 14.1 Å². The van der Waals surface area contributed by atoms with Crippen molar-refractivity contribution in [1.29, 1.82) is 0 Å². The van der Waals surface area contributed by atoms with Gasteiger partial charge in [0.25, 0.3) is 11.5 Å². The number of benzene rings is 1. The predicted octanol–water partition coefficient (Wildman–Crippen LogP) is 1.76. The molecule has 0 radical (unpaired) electrons. The average Bonchev–Trinajstić information content (AvgIpc) is 3.08. The Bertz CT molecular complexity index is 1020. The summed E-state index contributed by atoms with van der Waals surface area (Å²) in [5.74, 6) is -0.797. The zero-order valence-corrected chi connectivity index (χ0v) is 14.6. The van der Waals surface area contributed by atoms with Gasteiger partial charge >= 0.3 is 0 Å². The minimum Gasteiger partial charge on any atom is -0.347 e. The Balaban J connectivity index is 1.62. The predicted molar refractivity (Wildman–Crippen MR) is 95.8 cm³/mol. The van der Waals surface area contributed by atoms with Crippen LogP contribution in [0.4, 0.5) is 4.39 Å². The fraction of sp³-hybridized carbons (Fsp3) is 0.389. The van der Waals surface area contributed by atoms with E-state index in [4.69, 9.17) is 0 Å². The van der Waals surface area contributed by atoms with Crippen LogP contribution in [0.5, 0.6) is 0 Å². The second-order valence-electron chi connectivity index (χ2n) is 6.77. The first kappa shape index (κ1) is 17.3. The van der Waals surface area contributed by atoms with Gasteiger partial charge in [0.05, 0.1) is 6.54 Å². The van der Waals surface area contributed by atoms with Crippen LogP contribution in [0, 0.1) is 5.82 Å². The molecular formula is C18H19FN6O2. The summed E-state index contributed by atoms with van der Waals surface area (Å²) < 4.78 is 14.5. The number of carbonyl (C=O) groups is 1. The van der Waals surface area contributed by atoms with Gasteiger partial charge in [-0.05, 0) is 30.5 Å². The normalized spacial score (nSPS) is 15.1. The molecule has 1 aromatic carbocycles. The van der Waals surface area contributed by atoms with E-state index in [1.54, 1.807) is 12.1 Å². The van der Waals surface area contributed by atoms with Gasteiger partial charge in [-0.15, -0.1) is 5.10 Å². The van der Waals surface area contributed by atoms with Crippen LogP contribution in [0.3, 0.4) is 0 Å². The van der Waals surface area contributed by atoms with E-state index in [9.17, 15) is 14.0 Å². The molecule has 0 saturated heterocycles. The van der Waals surface area contributed by atoms with Crippen molar-refractivity contribution in [1.82, 2.24) is 30.3 Å². The Labute approximate surface area is 153 Å². The Morgan fingerprint density at radius 3 is 2.70 bits per heavy atom. The standard InChI is InChI=1S/C18H19FN6O2/c19-12-8-6-11(7-9-12)10-25-16-14(23-24-25)17(26)22-15(21-16)18(27)20-13-4-2-1-3-5-13/h6-9,13H,1-5,10H2,(H,20,27)(H,21,22,26). The van der Waals surface area contributed by atoms with Crippen LogP contribution in [0.2, 0.25) is 0 Å². The Hall–Kier alpha value is -3.10. The van der Waals surface area contributed by atoms with Crippen molar-refractivity contribution in [2.45, 2.75) is 44.7 Å². The molecule has 1 aliphatic rings. The largest absolute Gasteiger partial charge is 0.347 e. The lowest BCUT2D eigenvalue weighted by Gasteiger charge is -2.22. The summed E-state index contributed by atoms with van der Waals surface area (Å²) in [6.07, 6.45) is 5.22. The number of nitrogens with zero attached hydrogens (tertiary/aromatic N) is 4. The topological polar surface area (TPSA) is 106 Å². The first-order valence-electron chi connectivity index (χ1n) is 8.99. The summed E-state index contributed by atoms with van der Waals surface area (Å²) in [5.41, 5.74) is 0.542. The summed E-state index contributed by atoms with van der Waals surface area (Å²) >= 11 is 0. The quantitative estimate of drug-likeness (QED) is 0.728. The third-order valence-electron chi connectivity index (χ3n) is 4.77. The van der Waals surface area contributed by atoms with Gasteiger partial charge in [-0.2, -0.15) is 0 Å². The molecule has 0 unspecified atom stereocenters. The zero-order chi connectivity index (χ0) is 18.8. The molecule has 2 heterocycles. The minimum atomic E-state index is -0.515. The molecule has 0 spiro atoms. The van der Waals surface area contributed by atoms with Gasteiger partial charge in [0, 0.05) is 6.04 Å². The molecule has 0 atom stereocenters. The first-order chi connectivity index (χ1) is 13.1. The highest BCUT2D eigenvalue weighted by Crippen LogP contribution is 2.17. The van der Waals surface area contributed by atoms with Crippen molar-refractivity contribution in [3.63, 3.8) is 0 Å². The number of H-pyrrole nitrogens is 1. The van der Waals surface area contributed by atoms with Crippen LogP contribution in [-0.4, -0.2) is 36.9 Å². The lowest BCUT2D eigenvalue weighted by atomic mass is 9.95. The maximum atomic E-state index is 13.1. The number of halogens is 1. The molecule has 1 fully saturated rings. The van der Waals surface area contributed by atoms with Gasteiger partial charge in [0.2, 0.25) is 5.82 Å². The number of hydrogen-bond donors (Lipinski definition) is 2. The molecule has 1 amide bonds. The molecule has 2 aromatic heterocycles. The van der Waals surface area contributed by atoms with Crippen LogP contribution in [0.25, 0.3) is 11.2 Å². The second kappa shape index (κ2) is 7.26. The van der Waals surface area contributed by atoms with E-state index in [2.05, 4.69) is 25.6 Å². The van der Waals surface area contributed by atoms with E-state index in [0.29, 0.717) is 0 Å². The van der Waals surface area contributed by atoms with E-state index in [-0.39, 0.29) is 35.4 Å². The van der Waals surface area contributed by atoms with Crippen molar-refractivity contribution in [2.24, 2.45) is 0 Å². The maximum Gasteiger partial charge on any atom is 0.287 e. The third kappa shape index (κ3) is 3.71. The van der Waals surface area contributed by atoms with E-state index < -0.39 is 11.5 Å². The summed E-state index contributed by atoms with van der Waals surface area (Å²) in [6.45, 7) is 0.261. The molecule has 1 saturated carbocycles. The van der Waals surface area contributed by atoms with Crippen molar-refractivity contribution in [2.75, 3.05) is 0 Å². The van der Waals surface area contributed by atoms with Crippen LogP contribution >= 0.6 is 0 Å². The number of aromatic nitrogens is 5. The molecule has 27 heavy (non-hydrogen) atoms. The van der Waals surface area contributed by atoms with Crippen molar-refractivity contribution < 1.29 is 9.18 Å². The Morgan fingerprint density at radius 1 is 1.22 bits per heavy atom. The van der Waals surface area contributed by atoms with Gasteiger partial charge in [-0.3, -0.25) is 9.59 Å². The van der Waals surface area contributed by atoms with Crippen LogP contribution in [-0.2, 0) is 6.54 Å². The summed E-state index contributed by atoms with van der Waals surface area (Å²) in [7, 11) is 0. The van der Waals surface area contributed by atoms with E-state index in [1.165, 1.54) is 23.2 Å². The van der Waals surface area contributed by atoms with Gasteiger partial charge in [0.1, 0.15) is 5.82 Å². The molecule has 8 nitrogen and oxygen atoms in total. The SMILES string of the molecule is O=C(NC1CCCCC1)c1nc2c(nnn2Cc2ccc(F)cc2)c(=O)[nH]1. The van der Waals surface area contributed by atoms with Gasteiger partial charge in [-0.1, -0.05) is 36.6 Å². The highest BCUT2D eigenvalue weighted by Gasteiger charge is 2.20. The van der Waals surface area contributed by atoms with E-state index >= 15 is 0 Å². The number of carbonyl (C=O) groups excluding carboxylic acids is 1. The highest BCUT2D eigenvalue weighted by molar-refractivity contribution is 5.92. The van der Waals surface area contributed by atoms with E-state index in [1.807, 2.05) is 0 Å². The van der Waals surface area contributed by atoms with Gasteiger partial charge < -0.3 is 10.3 Å². The molecule has 140 valence electrons. The summed E-state index contributed by atoms with van der Waals surface area (Å²) in [5, 5.41) is 10.7. The molecule has 2 N–H and O–H groups in total. The number of amides is 1. The highest BCUT2D eigenvalue weighted by atomic mass is 19.1. The number of rotatable bonds is 4. The lowest BCUT2D eigenvalue weighted by Crippen LogP contribution is -2.37. The fourth-order valence-corrected chi connectivity index (χ4v) is 3.34. The van der Waals surface area contributed by atoms with Gasteiger partial charge in [0.15, 0.2) is 11.2 Å². The second-order valence-corrected chi connectivity index (χ2v) is 6.77. The smallest absolute Gasteiger partial charge is 0.287 e. The Kier molecular flexibility index (Phi) is 4.66. The third-order valence-corrected chi connectivity index (χ3v) is 4.77. The monoisotopic (exact) mass is 370 g/mol. The molecule has 4 rings (SSSR count). The number of hydrogen-bond acceptors (Lipinski definition) is 5. The number of aromatic amines is 1. The number of nitrogens with one attached hydrogen (secondary N) is 2. The van der Waals surface area contributed by atoms with E-state index in [0.717, 1.165) is 31.2 Å². The molecule has 0 aliphatic heterocycles. The van der Waals surface area contributed by atoms with Crippen LogP contribution in [0.15, 0.2) is 29.1 Å². The number of fused-ring (bicyclic) bond motifs is 1.